The largest absolute Gasteiger partial charge is 0.445 e. The average molecular weight is 83.9 g/mol. The number of hydrogen-bond donors (Lipinski definition) is 0. The van der Waals surface area contributed by atoms with Gasteiger partial charge < -0.3 is 9.39 Å². The van der Waals surface area contributed by atoms with Crippen molar-refractivity contribution < 1.29 is 9.39 Å². The Bertz CT molecular complexity index is 44.1. The maximum Gasteiger partial charge on any atom is 0.282 e. The molecule has 1 aliphatic heterocycles. The normalized spacial score (nSPS) is 30.3. The number of hydrogen-bond acceptors (Lipinski definition) is 2. The number of epoxide rings is 1. The van der Waals surface area contributed by atoms with E-state index in [1.165, 1.54) is 0 Å². The highest BCUT2D eigenvalue weighted by atomic mass is 16.6. The molecule has 3 heteroatoms. The standard InChI is InChI=1S/C3H5BO2/c4-6-2-3-1-5-3/h3H,1-2H2/t3-/m1/s1. The summed E-state index contributed by atoms with van der Waals surface area (Å²) < 4.78 is 8.98. The van der Waals surface area contributed by atoms with E-state index in [4.69, 9.17) is 4.74 Å². The SMILES string of the molecule is [B]OC[C@H]1CO1. The van der Waals surface area contributed by atoms with Crippen LogP contribution < -0.4 is 0 Å². The van der Waals surface area contributed by atoms with E-state index >= 15 is 0 Å². The molecule has 0 N–H and O–H groups in total. The highest BCUT2D eigenvalue weighted by molar-refractivity contribution is 5.97. The first-order chi connectivity index (χ1) is 2.93. The third-order valence-electron chi connectivity index (χ3n) is 0.684. The lowest BCUT2D eigenvalue weighted by Crippen LogP contribution is -1.96. The first-order valence-electron chi connectivity index (χ1n) is 1.87. The fourth-order valence-electron chi connectivity index (χ4n) is 0.272. The number of ether oxygens (including phenoxy) is 1. The van der Waals surface area contributed by atoms with Gasteiger partial charge in [-0.25, -0.2) is 0 Å². The lowest BCUT2D eigenvalue weighted by atomic mass is 10.5. The zero-order valence-electron chi connectivity index (χ0n) is 3.39. The first-order valence-corrected chi connectivity index (χ1v) is 1.87. The molecule has 1 heterocycles. The summed E-state index contributed by atoms with van der Waals surface area (Å²) >= 11 is 0. The molecule has 6 heavy (non-hydrogen) atoms. The maximum atomic E-state index is 4.74. The van der Waals surface area contributed by atoms with E-state index in [0.29, 0.717) is 12.7 Å². The van der Waals surface area contributed by atoms with E-state index in [1.807, 2.05) is 0 Å². The van der Waals surface area contributed by atoms with E-state index in [1.54, 1.807) is 0 Å². The van der Waals surface area contributed by atoms with E-state index in [9.17, 15) is 0 Å². The highest BCUT2D eigenvalue weighted by Crippen LogP contribution is 2.06. The molecule has 0 aromatic heterocycles. The molecule has 1 atom stereocenters. The Kier molecular flexibility index (Phi) is 1.12. The Morgan fingerprint density at radius 2 is 2.67 bits per heavy atom. The van der Waals surface area contributed by atoms with Crippen LogP contribution in [0.2, 0.25) is 0 Å². The van der Waals surface area contributed by atoms with Gasteiger partial charge in [-0.3, -0.25) is 0 Å². The van der Waals surface area contributed by atoms with E-state index in [0.717, 1.165) is 6.61 Å². The van der Waals surface area contributed by atoms with Gasteiger partial charge in [-0.15, -0.1) is 0 Å². The zero-order chi connectivity index (χ0) is 4.41. The second-order valence-corrected chi connectivity index (χ2v) is 1.29. The van der Waals surface area contributed by atoms with Crippen molar-refractivity contribution in [2.24, 2.45) is 0 Å². The molecule has 0 unspecified atom stereocenters. The van der Waals surface area contributed by atoms with E-state index in [-0.39, 0.29) is 0 Å². The minimum absolute atomic E-state index is 0.301. The van der Waals surface area contributed by atoms with Gasteiger partial charge in [0.1, 0.15) is 6.10 Å². The van der Waals surface area contributed by atoms with E-state index < -0.39 is 0 Å². The van der Waals surface area contributed by atoms with Crippen LogP contribution in [0.25, 0.3) is 0 Å². The van der Waals surface area contributed by atoms with Crippen LogP contribution in [0.1, 0.15) is 0 Å². The third kappa shape index (κ3) is 0.991. The number of rotatable bonds is 2. The molecule has 0 amide bonds. The molecule has 0 spiro atoms. The summed E-state index contributed by atoms with van der Waals surface area (Å²) in [5.41, 5.74) is 0. The van der Waals surface area contributed by atoms with Gasteiger partial charge >= 0.3 is 0 Å². The zero-order valence-corrected chi connectivity index (χ0v) is 3.39. The molecule has 1 saturated heterocycles. The van der Waals surface area contributed by atoms with Crippen molar-refractivity contribution in [1.29, 1.82) is 0 Å². The Balaban J connectivity index is 1.88. The molecule has 32 valence electrons. The summed E-state index contributed by atoms with van der Waals surface area (Å²) in [6.07, 6.45) is 0.301. The Hall–Kier alpha value is -0.0151. The second-order valence-electron chi connectivity index (χ2n) is 1.29. The summed E-state index contributed by atoms with van der Waals surface area (Å²) in [6.45, 7) is 1.36. The second kappa shape index (κ2) is 1.62. The Labute approximate surface area is 37.9 Å². The van der Waals surface area contributed by atoms with Gasteiger partial charge in [-0.2, -0.15) is 0 Å². The van der Waals surface area contributed by atoms with Crippen LogP contribution in [-0.2, 0) is 9.39 Å². The molecule has 1 aliphatic rings. The smallest absolute Gasteiger partial charge is 0.282 e. The van der Waals surface area contributed by atoms with Crippen LogP contribution in [0, 0.1) is 0 Å². The minimum atomic E-state index is 0.301. The van der Waals surface area contributed by atoms with Crippen LogP contribution in [0.4, 0.5) is 0 Å². The molecular weight excluding hydrogens is 78.8 g/mol. The predicted molar refractivity (Wildman–Crippen MR) is 21.4 cm³/mol. The minimum Gasteiger partial charge on any atom is -0.445 e. The van der Waals surface area contributed by atoms with Crippen molar-refractivity contribution >= 4 is 8.05 Å². The summed E-state index contributed by atoms with van der Waals surface area (Å²) in [5.74, 6) is 0. The fraction of sp³-hybridized carbons (Fsp3) is 1.00. The topological polar surface area (TPSA) is 21.8 Å². The van der Waals surface area contributed by atoms with Crippen LogP contribution in [-0.4, -0.2) is 27.4 Å². The van der Waals surface area contributed by atoms with Crippen molar-refractivity contribution in [2.45, 2.75) is 6.10 Å². The van der Waals surface area contributed by atoms with Crippen molar-refractivity contribution in [2.75, 3.05) is 13.2 Å². The molecule has 0 aromatic rings. The van der Waals surface area contributed by atoms with Gasteiger partial charge in [0.2, 0.25) is 0 Å². The van der Waals surface area contributed by atoms with Crippen LogP contribution >= 0.6 is 0 Å². The molecule has 2 nitrogen and oxygen atoms in total. The molecule has 2 radical (unpaired) electrons. The summed E-state index contributed by atoms with van der Waals surface area (Å²) in [4.78, 5) is 0. The lowest BCUT2D eigenvalue weighted by Gasteiger charge is -1.85. The van der Waals surface area contributed by atoms with Crippen molar-refractivity contribution in [3.63, 3.8) is 0 Å². The van der Waals surface area contributed by atoms with E-state index in [2.05, 4.69) is 12.7 Å². The van der Waals surface area contributed by atoms with Crippen molar-refractivity contribution in [1.82, 2.24) is 0 Å². The van der Waals surface area contributed by atoms with Gasteiger partial charge in [0.25, 0.3) is 8.05 Å². The van der Waals surface area contributed by atoms with Crippen LogP contribution in [0.3, 0.4) is 0 Å². The van der Waals surface area contributed by atoms with Crippen LogP contribution in [0.15, 0.2) is 0 Å². The molecule has 1 rings (SSSR count). The average Bonchev–Trinajstić information content (AvgIpc) is 2.21. The Morgan fingerprint density at radius 1 is 2.00 bits per heavy atom. The van der Waals surface area contributed by atoms with Gasteiger partial charge in [-0.05, 0) is 0 Å². The molecular formula is C3H5BO2. The van der Waals surface area contributed by atoms with Crippen LogP contribution in [0.5, 0.6) is 0 Å². The van der Waals surface area contributed by atoms with Gasteiger partial charge in [0.05, 0.1) is 13.2 Å². The molecule has 0 aliphatic carbocycles. The van der Waals surface area contributed by atoms with Gasteiger partial charge in [-0.1, -0.05) is 0 Å². The first kappa shape index (κ1) is 4.15. The highest BCUT2D eigenvalue weighted by Gasteiger charge is 2.20. The van der Waals surface area contributed by atoms with Crippen molar-refractivity contribution in [3.8, 4) is 0 Å². The monoisotopic (exact) mass is 84.0 g/mol. The van der Waals surface area contributed by atoms with Crippen molar-refractivity contribution in [3.05, 3.63) is 0 Å². The van der Waals surface area contributed by atoms with Gasteiger partial charge in [0.15, 0.2) is 0 Å². The Morgan fingerprint density at radius 3 is 2.83 bits per heavy atom. The predicted octanol–water partition coefficient (Wildman–Crippen LogP) is -0.515. The summed E-state index contributed by atoms with van der Waals surface area (Å²) in [5, 5.41) is 0. The maximum absolute atomic E-state index is 4.74. The molecule has 0 saturated carbocycles. The molecule has 1 fully saturated rings. The third-order valence-corrected chi connectivity index (χ3v) is 0.684. The van der Waals surface area contributed by atoms with Gasteiger partial charge in [0, 0.05) is 0 Å². The molecule has 0 bridgehead atoms. The lowest BCUT2D eigenvalue weighted by molar-refractivity contribution is 0.281. The quantitative estimate of drug-likeness (QED) is 0.332. The molecule has 0 aromatic carbocycles. The fourth-order valence-corrected chi connectivity index (χ4v) is 0.272. The summed E-state index contributed by atoms with van der Waals surface area (Å²) in [6, 6.07) is 0. The summed E-state index contributed by atoms with van der Waals surface area (Å²) in [7, 11) is 4.69.